The van der Waals surface area contributed by atoms with Gasteiger partial charge in [0.15, 0.2) is 0 Å². The smallest absolute Gasteiger partial charge is 0.263 e. The minimum Gasteiger partial charge on any atom is -0.367 e. The van der Waals surface area contributed by atoms with E-state index < -0.39 is 16.1 Å². The third-order valence-corrected chi connectivity index (χ3v) is 7.54. The largest absolute Gasteiger partial charge is 0.367 e. The predicted octanol–water partition coefficient (Wildman–Crippen LogP) is 2.71. The average Bonchev–Trinajstić information content (AvgIpc) is 3.03. The quantitative estimate of drug-likeness (QED) is 0.702. The average molecular weight is 455 g/mol. The summed E-state index contributed by atoms with van der Waals surface area (Å²) in [6.07, 6.45) is 2.16. The van der Waals surface area contributed by atoms with Crippen LogP contribution in [-0.4, -0.2) is 45.3 Å². The van der Waals surface area contributed by atoms with Gasteiger partial charge in [-0.3, -0.25) is 14.5 Å². The zero-order valence-electron chi connectivity index (χ0n) is 18.7. The van der Waals surface area contributed by atoms with Gasteiger partial charge in [0.25, 0.3) is 10.0 Å². The van der Waals surface area contributed by atoms with Crippen molar-refractivity contribution in [2.45, 2.75) is 50.6 Å². The van der Waals surface area contributed by atoms with E-state index in [1.54, 1.807) is 24.3 Å². The monoisotopic (exact) mass is 454 g/mol. The molecule has 0 radical (unpaired) electrons. The molecule has 7 nitrogen and oxygen atoms in total. The van der Waals surface area contributed by atoms with Crippen molar-refractivity contribution in [3.63, 3.8) is 0 Å². The van der Waals surface area contributed by atoms with Gasteiger partial charge in [0.1, 0.15) is 11.9 Å². The van der Waals surface area contributed by atoms with Crippen LogP contribution in [0.3, 0.4) is 0 Å². The Kier molecular flexibility index (Phi) is 6.24. The summed E-state index contributed by atoms with van der Waals surface area (Å²) in [7, 11) is -3.64. The van der Waals surface area contributed by atoms with E-state index in [0.29, 0.717) is 24.7 Å². The number of aliphatic imine (C=N–C) groups is 1. The number of nitrogens with one attached hydrogen (secondary N) is 2. The van der Waals surface area contributed by atoms with Gasteiger partial charge in [-0.2, -0.15) is 0 Å². The molecule has 2 N–H and O–H groups in total. The van der Waals surface area contributed by atoms with E-state index in [2.05, 4.69) is 45.1 Å². The van der Waals surface area contributed by atoms with Gasteiger partial charge in [-0.15, -0.1) is 0 Å². The van der Waals surface area contributed by atoms with E-state index in [1.807, 2.05) is 19.9 Å². The first-order chi connectivity index (χ1) is 15.3. The molecule has 4 rings (SSSR count). The molecule has 2 aromatic rings. The molecule has 170 valence electrons. The summed E-state index contributed by atoms with van der Waals surface area (Å²) in [6.45, 7) is 7.23. The van der Waals surface area contributed by atoms with Crippen LogP contribution in [0, 0.1) is 5.92 Å². The second-order valence-corrected chi connectivity index (χ2v) is 10.4. The molecule has 0 saturated heterocycles. The Morgan fingerprint density at radius 2 is 1.91 bits per heavy atom. The fourth-order valence-corrected chi connectivity index (χ4v) is 5.62. The zero-order chi connectivity index (χ0) is 22.9. The molecule has 2 heterocycles. The molecule has 2 atom stereocenters. The Balaban J connectivity index is 1.46. The number of amidine groups is 1. The minimum absolute atomic E-state index is 0.0885. The van der Waals surface area contributed by atoms with Crippen molar-refractivity contribution in [3.05, 3.63) is 59.7 Å². The predicted molar refractivity (Wildman–Crippen MR) is 127 cm³/mol. The lowest BCUT2D eigenvalue weighted by molar-refractivity contribution is -0.123. The van der Waals surface area contributed by atoms with Crippen molar-refractivity contribution in [2.24, 2.45) is 10.9 Å². The van der Waals surface area contributed by atoms with Crippen LogP contribution in [0.25, 0.3) is 0 Å². The Morgan fingerprint density at radius 3 is 2.69 bits per heavy atom. The summed E-state index contributed by atoms with van der Waals surface area (Å²) in [6, 6.07) is 14.8. The van der Waals surface area contributed by atoms with Gasteiger partial charge in [-0.05, 0) is 49.4 Å². The zero-order valence-corrected chi connectivity index (χ0v) is 19.5. The van der Waals surface area contributed by atoms with Crippen LogP contribution in [0.2, 0.25) is 0 Å². The van der Waals surface area contributed by atoms with Crippen molar-refractivity contribution in [3.8, 4) is 0 Å². The van der Waals surface area contributed by atoms with Crippen LogP contribution in [0.5, 0.6) is 0 Å². The number of sulfonamides is 1. The number of nitrogens with zero attached hydrogens (tertiary/aromatic N) is 2. The molecule has 0 saturated carbocycles. The maximum atomic E-state index is 13.0. The highest BCUT2D eigenvalue weighted by molar-refractivity contribution is 7.90. The number of aryl methyl sites for hydroxylation is 1. The summed E-state index contributed by atoms with van der Waals surface area (Å²) >= 11 is 0. The van der Waals surface area contributed by atoms with Gasteiger partial charge in [0.2, 0.25) is 5.91 Å². The third-order valence-electron chi connectivity index (χ3n) is 6.15. The number of fused-ring (bicyclic) bond motifs is 2. The highest BCUT2D eigenvalue weighted by Crippen LogP contribution is 2.30. The number of rotatable bonds is 6. The van der Waals surface area contributed by atoms with Gasteiger partial charge in [0.05, 0.1) is 4.90 Å². The fourth-order valence-electron chi connectivity index (χ4n) is 4.38. The van der Waals surface area contributed by atoms with Crippen LogP contribution >= 0.6 is 0 Å². The molecule has 32 heavy (non-hydrogen) atoms. The number of amides is 1. The lowest BCUT2D eigenvalue weighted by atomic mass is 9.97. The summed E-state index contributed by atoms with van der Waals surface area (Å²) in [5.74, 6) is -0.0588. The van der Waals surface area contributed by atoms with Crippen molar-refractivity contribution >= 4 is 27.5 Å². The van der Waals surface area contributed by atoms with Crippen LogP contribution in [0.15, 0.2) is 58.4 Å². The van der Waals surface area contributed by atoms with E-state index in [1.165, 1.54) is 11.3 Å². The molecule has 1 amide bonds. The number of hydrogen-bond donors (Lipinski definition) is 2. The summed E-state index contributed by atoms with van der Waals surface area (Å²) in [5.41, 5.74) is 3.08. The topological polar surface area (TPSA) is 90.9 Å². The highest BCUT2D eigenvalue weighted by atomic mass is 32.2. The summed E-state index contributed by atoms with van der Waals surface area (Å²) in [4.78, 5) is 20.1. The van der Waals surface area contributed by atoms with E-state index >= 15 is 0 Å². The van der Waals surface area contributed by atoms with E-state index in [4.69, 9.17) is 0 Å². The molecular formula is C24H30N4O3S. The second-order valence-electron chi connectivity index (χ2n) is 8.77. The third kappa shape index (κ3) is 4.37. The number of anilines is 1. The maximum absolute atomic E-state index is 13.0. The van der Waals surface area contributed by atoms with E-state index in [9.17, 15) is 13.2 Å². The molecule has 0 bridgehead atoms. The van der Waals surface area contributed by atoms with Crippen molar-refractivity contribution in [1.29, 1.82) is 0 Å². The Hall–Kier alpha value is -2.87. The highest BCUT2D eigenvalue weighted by Gasteiger charge is 2.32. The molecular weight excluding hydrogens is 424 g/mol. The molecule has 0 aliphatic carbocycles. The van der Waals surface area contributed by atoms with E-state index in [-0.39, 0.29) is 22.6 Å². The molecule has 2 unspecified atom stereocenters. The number of hydrogen-bond acceptors (Lipinski definition) is 5. The lowest BCUT2D eigenvalue weighted by Crippen LogP contribution is -2.45. The van der Waals surface area contributed by atoms with Gasteiger partial charge < -0.3 is 10.2 Å². The van der Waals surface area contributed by atoms with Gasteiger partial charge in [0, 0.05) is 30.4 Å². The van der Waals surface area contributed by atoms with E-state index in [0.717, 1.165) is 12.8 Å². The minimum atomic E-state index is -3.64. The standard InChI is InChI=1S/C24H30N4O3S/c1-16(2)22(26-23-19-9-5-7-11-21(19)32(30,31)27-23)24(29)25-14-15-28-17(3)12-13-18-8-4-6-10-20(18)28/h4-11,16-17,22H,12-15H2,1-3H3,(H,25,29)(H,26,27). The Labute approximate surface area is 190 Å². The molecule has 8 heteroatoms. The Morgan fingerprint density at radius 1 is 1.19 bits per heavy atom. The van der Waals surface area contributed by atoms with Crippen molar-refractivity contribution in [2.75, 3.05) is 18.0 Å². The first kappa shape index (κ1) is 22.3. The van der Waals surface area contributed by atoms with Crippen LogP contribution < -0.4 is 14.9 Å². The van der Waals surface area contributed by atoms with Crippen molar-refractivity contribution < 1.29 is 13.2 Å². The SMILES string of the molecule is CC(C)C(N=C1NS(=O)(=O)c2ccccc21)C(=O)NCCN1c2ccccc2CCC1C. The second kappa shape index (κ2) is 8.94. The molecule has 2 aromatic carbocycles. The first-order valence-corrected chi connectivity index (χ1v) is 12.6. The lowest BCUT2D eigenvalue weighted by Gasteiger charge is -2.37. The molecule has 0 fully saturated rings. The van der Waals surface area contributed by atoms with Crippen molar-refractivity contribution in [1.82, 2.24) is 10.0 Å². The van der Waals surface area contributed by atoms with Gasteiger partial charge >= 0.3 is 0 Å². The molecule has 2 aliphatic heterocycles. The summed E-state index contributed by atoms with van der Waals surface area (Å²) in [5, 5.41) is 3.02. The normalized spacial score (nSPS) is 21.1. The molecule has 2 aliphatic rings. The molecule has 0 aromatic heterocycles. The Bertz CT molecular complexity index is 1140. The number of carbonyl (C=O) groups excluding carboxylic acids is 1. The van der Waals surface area contributed by atoms with Gasteiger partial charge in [-0.1, -0.05) is 44.2 Å². The van der Waals surface area contributed by atoms with Crippen LogP contribution in [0.1, 0.15) is 38.3 Å². The number of para-hydroxylation sites is 1. The number of carbonyl (C=O) groups is 1. The van der Waals surface area contributed by atoms with Gasteiger partial charge in [-0.25, -0.2) is 8.42 Å². The van der Waals surface area contributed by atoms with Crippen LogP contribution in [0.4, 0.5) is 5.69 Å². The van der Waals surface area contributed by atoms with Crippen LogP contribution in [-0.2, 0) is 21.2 Å². The fraction of sp³-hybridized carbons (Fsp3) is 0.417. The first-order valence-electron chi connectivity index (χ1n) is 11.1. The number of benzene rings is 2. The molecule has 0 spiro atoms. The maximum Gasteiger partial charge on any atom is 0.263 e. The summed E-state index contributed by atoms with van der Waals surface area (Å²) < 4.78 is 27.2.